The van der Waals surface area contributed by atoms with Crippen LogP contribution in [-0.2, 0) is 9.47 Å². The summed E-state index contributed by atoms with van der Waals surface area (Å²) in [6, 6.07) is -0.222. The number of carbonyl (C=O) groups is 3. The van der Waals surface area contributed by atoms with E-state index >= 15 is 0 Å². The molecule has 2 N–H and O–H groups in total. The molecule has 1 aliphatic rings. The Labute approximate surface area is 155 Å². The minimum absolute atomic E-state index is 0.222. The highest BCUT2D eigenvalue weighted by atomic mass is 16.6. The fourth-order valence-corrected chi connectivity index (χ4v) is 2.18. The molecule has 1 rings (SSSR count). The zero-order valence-corrected chi connectivity index (χ0v) is 16.7. The van der Waals surface area contributed by atoms with Crippen LogP contribution >= 0.6 is 0 Å². The molecule has 0 aromatic heterocycles. The van der Waals surface area contributed by atoms with Crippen LogP contribution in [0.5, 0.6) is 0 Å². The van der Waals surface area contributed by atoms with Gasteiger partial charge in [0.1, 0.15) is 11.2 Å². The van der Waals surface area contributed by atoms with Gasteiger partial charge in [-0.2, -0.15) is 0 Å². The van der Waals surface area contributed by atoms with Crippen molar-refractivity contribution in [3.8, 4) is 0 Å². The second-order valence-electron chi connectivity index (χ2n) is 8.12. The number of nitrogens with one attached hydrogen (secondary N) is 2. The molecule has 1 saturated heterocycles. The summed E-state index contributed by atoms with van der Waals surface area (Å²) in [5, 5.41) is 5.31. The van der Waals surface area contributed by atoms with Gasteiger partial charge in [0, 0.05) is 39.3 Å². The lowest BCUT2D eigenvalue weighted by Gasteiger charge is -2.35. The molecule has 26 heavy (non-hydrogen) atoms. The summed E-state index contributed by atoms with van der Waals surface area (Å²) < 4.78 is 10.4. The zero-order valence-electron chi connectivity index (χ0n) is 16.7. The van der Waals surface area contributed by atoms with E-state index in [1.54, 1.807) is 30.6 Å². The summed E-state index contributed by atoms with van der Waals surface area (Å²) in [5.74, 6) is 0. The van der Waals surface area contributed by atoms with Gasteiger partial charge in [0.25, 0.3) is 0 Å². The van der Waals surface area contributed by atoms with Crippen molar-refractivity contribution in [3.05, 3.63) is 0 Å². The molecule has 0 aromatic rings. The van der Waals surface area contributed by atoms with Crippen molar-refractivity contribution in [2.24, 2.45) is 0 Å². The van der Waals surface area contributed by atoms with Crippen molar-refractivity contribution in [1.82, 2.24) is 20.4 Å². The van der Waals surface area contributed by atoms with Crippen molar-refractivity contribution in [3.63, 3.8) is 0 Å². The number of nitrogens with zero attached hydrogens (tertiary/aromatic N) is 2. The molecular weight excluding hydrogens is 340 g/mol. The zero-order chi connectivity index (χ0) is 20.0. The third-order valence-corrected chi connectivity index (χ3v) is 3.29. The van der Waals surface area contributed by atoms with Crippen LogP contribution in [0.3, 0.4) is 0 Å². The molecule has 1 aliphatic heterocycles. The van der Waals surface area contributed by atoms with Gasteiger partial charge in [0.05, 0.1) is 0 Å². The maximum Gasteiger partial charge on any atom is 0.410 e. The summed E-state index contributed by atoms with van der Waals surface area (Å²) in [5.41, 5.74) is -1.09. The Hall–Kier alpha value is -2.19. The van der Waals surface area contributed by atoms with Crippen LogP contribution in [0, 0.1) is 0 Å². The first kappa shape index (κ1) is 21.9. The molecule has 9 nitrogen and oxygen atoms in total. The van der Waals surface area contributed by atoms with Crippen molar-refractivity contribution >= 4 is 18.2 Å². The first-order chi connectivity index (χ1) is 11.9. The topological polar surface area (TPSA) is 100 Å². The largest absolute Gasteiger partial charge is 0.444 e. The van der Waals surface area contributed by atoms with Gasteiger partial charge >= 0.3 is 18.2 Å². The lowest BCUT2D eigenvalue weighted by Crippen LogP contribution is -2.54. The Morgan fingerprint density at radius 2 is 1.23 bits per heavy atom. The van der Waals surface area contributed by atoms with Crippen LogP contribution in [0.4, 0.5) is 14.4 Å². The molecule has 1 fully saturated rings. The van der Waals surface area contributed by atoms with E-state index in [1.165, 1.54) is 0 Å². The highest BCUT2D eigenvalue weighted by Gasteiger charge is 2.27. The van der Waals surface area contributed by atoms with Gasteiger partial charge < -0.3 is 29.9 Å². The summed E-state index contributed by atoms with van der Waals surface area (Å²) in [7, 11) is 0. The second kappa shape index (κ2) is 8.95. The van der Waals surface area contributed by atoms with Crippen molar-refractivity contribution < 1.29 is 23.9 Å². The molecular formula is C17H32N4O5. The number of rotatable bonds is 3. The van der Waals surface area contributed by atoms with Gasteiger partial charge in [-0.05, 0) is 41.5 Å². The first-order valence-electron chi connectivity index (χ1n) is 8.85. The maximum atomic E-state index is 12.1. The minimum atomic E-state index is -0.554. The third-order valence-electron chi connectivity index (χ3n) is 3.29. The summed E-state index contributed by atoms with van der Waals surface area (Å²) >= 11 is 0. The van der Waals surface area contributed by atoms with E-state index in [0.29, 0.717) is 32.7 Å². The van der Waals surface area contributed by atoms with Gasteiger partial charge in [-0.1, -0.05) is 0 Å². The molecule has 0 aromatic carbocycles. The summed E-state index contributed by atoms with van der Waals surface area (Å²) in [6.07, 6.45) is -0.878. The van der Waals surface area contributed by atoms with Crippen LogP contribution in [0.25, 0.3) is 0 Å². The minimum Gasteiger partial charge on any atom is -0.444 e. The Kier molecular flexibility index (Phi) is 7.53. The van der Waals surface area contributed by atoms with Gasteiger partial charge in [0.2, 0.25) is 0 Å². The number of hydrogen-bond donors (Lipinski definition) is 2. The number of amides is 4. The lowest BCUT2D eigenvalue weighted by atomic mass is 10.2. The molecule has 0 atom stereocenters. The quantitative estimate of drug-likeness (QED) is 0.736. The average molecular weight is 372 g/mol. The van der Waals surface area contributed by atoms with Crippen molar-refractivity contribution in [1.29, 1.82) is 0 Å². The molecule has 4 amide bonds. The Balaban J connectivity index is 2.24. The summed E-state index contributed by atoms with van der Waals surface area (Å²) in [6.45, 7) is 13.1. The van der Waals surface area contributed by atoms with Crippen LogP contribution in [0.2, 0.25) is 0 Å². The predicted octanol–water partition coefficient (Wildman–Crippen LogP) is 1.77. The molecule has 0 unspecified atom stereocenters. The third kappa shape index (κ3) is 8.77. The first-order valence-corrected chi connectivity index (χ1v) is 8.85. The molecule has 0 spiro atoms. The van der Waals surface area contributed by atoms with Gasteiger partial charge in [0.15, 0.2) is 0 Å². The second-order valence-corrected chi connectivity index (χ2v) is 8.12. The number of piperazine rings is 1. The fourth-order valence-electron chi connectivity index (χ4n) is 2.18. The highest BCUT2D eigenvalue weighted by molar-refractivity contribution is 5.75. The van der Waals surface area contributed by atoms with E-state index in [9.17, 15) is 14.4 Å². The van der Waals surface area contributed by atoms with Crippen LogP contribution in [-0.4, -0.2) is 78.5 Å². The van der Waals surface area contributed by atoms with Crippen LogP contribution in [0.15, 0.2) is 0 Å². The average Bonchev–Trinajstić information content (AvgIpc) is 2.48. The van der Waals surface area contributed by atoms with Gasteiger partial charge in [-0.25, -0.2) is 14.4 Å². The molecule has 150 valence electrons. The monoisotopic (exact) mass is 372 g/mol. The normalized spacial score (nSPS) is 15.3. The SMILES string of the molecule is CC(C)(C)OC(=O)NCCNC(=O)N1CCN(C(=O)OC(C)(C)C)CC1. The van der Waals surface area contributed by atoms with E-state index < -0.39 is 17.3 Å². The highest BCUT2D eigenvalue weighted by Crippen LogP contribution is 2.12. The van der Waals surface area contributed by atoms with E-state index in [4.69, 9.17) is 9.47 Å². The molecule has 0 radical (unpaired) electrons. The Morgan fingerprint density at radius 3 is 1.73 bits per heavy atom. The predicted molar refractivity (Wildman–Crippen MR) is 97.0 cm³/mol. The van der Waals surface area contributed by atoms with Crippen LogP contribution in [0.1, 0.15) is 41.5 Å². The lowest BCUT2D eigenvalue weighted by molar-refractivity contribution is 0.0170. The van der Waals surface area contributed by atoms with Gasteiger partial charge in [-0.15, -0.1) is 0 Å². The standard InChI is InChI=1S/C17H32N4O5/c1-16(2,3)25-14(23)19-8-7-18-13(22)20-9-11-21(12-10-20)15(24)26-17(4,5)6/h7-12H2,1-6H3,(H,18,22)(H,19,23). The van der Waals surface area contributed by atoms with E-state index in [-0.39, 0.29) is 18.7 Å². The van der Waals surface area contributed by atoms with Crippen molar-refractivity contribution in [2.75, 3.05) is 39.3 Å². The summed E-state index contributed by atoms with van der Waals surface area (Å²) in [4.78, 5) is 38.8. The van der Waals surface area contributed by atoms with Crippen LogP contribution < -0.4 is 10.6 Å². The van der Waals surface area contributed by atoms with Crippen molar-refractivity contribution in [2.45, 2.75) is 52.7 Å². The Bertz CT molecular complexity index is 502. The molecule has 9 heteroatoms. The Morgan fingerprint density at radius 1 is 0.769 bits per heavy atom. The van der Waals surface area contributed by atoms with E-state index in [0.717, 1.165) is 0 Å². The molecule has 1 heterocycles. The van der Waals surface area contributed by atoms with E-state index in [1.807, 2.05) is 20.8 Å². The molecule has 0 aliphatic carbocycles. The molecule has 0 saturated carbocycles. The number of alkyl carbamates (subject to hydrolysis) is 1. The van der Waals surface area contributed by atoms with Gasteiger partial charge in [-0.3, -0.25) is 0 Å². The number of urea groups is 1. The number of carbonyl (C=O) groups excluding carboxylic acids is 3. The fraction of sp³-hybridized carbons (Fsp3) is 0.824. The smallest absolute Gasteiger partial charge is 0.410 e. The molecule has 0 bridgehead atoms. The number of hydrogen-bond acceptors (Lipinski definition) is 5. The number of ether oxygens (including phenoxy) is 2. The maximum absolute atomic E-state index is 12.1. The van der Waals surface area contributed by atoms with E-state index in [2.05, 4.69) is 10.6 Å².